The van der Waals surface area contributed by atoms with Gasteiger partial charge >= 0.3 is 0 Å². The van der Waals surface area contributed by atoms with Crippen LogP contribution in [0.2, 0.25) is 5.02 Å². The molecule has 0 spiro atoms. The molecule has 30 heavy (non-hydrogen) atoms. The van der Waals surface area contributed by atoms with Gasteiger partial charge in [-0.2, -0.15) is 0 Å². The first-order valence-corrected chi connectivity index (χ1v) is 9.68. The number of carbonyl (C=O) groups excluding carboxylic acids is 2. The molecule has 0 bridgehead atoms. The summed E-state index contributed by atoms with van der Waals surface area (Å²) in [6, 6.07) is 18.9. The van der Waals surface area contributed by atoms with Crippen molar-refractivity contribution in [1.82, 2.24) is 0 Å². The lowest BCUT2D eigenvalue weighted by Gasteiger charge is -2.26. The average molecular weight is 420 g/mol. The fraction of sp³-hybridized carbons (Fsp3) is 0.0833. The van der Waals surface area contributed by atoms with Crippen LogP contribution in [-0.4, -0.2) is 21.9 Å². The molecule has 1 atom stereocenters. The molecular weight excluding hydrogens is 402 g/mol. The zero-order valence-corrected chi connectivity index (χ0v) is 16.8. The number of phenols is 1. The molecule has 5 nitrogen and oxygen atoms in total. The molecule has 1 fully saturated rings. The molecule has 1 amide bonds. The third-order valence-corrected chi connectivity index (χ3v) is 5.44. The Hall–Kier alpha value is -3.57. The number of benzene rings is 3. The van der Waals surface area contributed by atoms with Crippen LogP contribution in [0.15, 0.2) is 78.4 Å². The number of Topliss-reactive ketones (excluding diaryl/α,β-unsaturated/α-hetero) is 1. The largest absolute Gasteiger partial charge is 0.508 e. The van der Waals surface area contributed by atoms with E-state index in [2.05, 4.69) is 0 Å². The van der Waals surface area contributed by atoms with Gasteiger partial charge in [0, 0.05) is 16.3 Å². The van der Waals surface area contributed by atoms with Crippen LogP contribution in [0.25, 0.3) is 5.76 Å². The molecule has 1 aliphatic heterocycles. The van der Waals surface area contributed by atoms with Crippen molar-refractivity contribution in [3.05, 3.63) is 100 Å². The third-order valence-electron chi connectivity index (χ3n) is 5.10. The van der Waals surface area contributed by atoms with Crippen molar-refractivity contribution in [2.75, 3.05) is 4.90 Å². The fourth-order valence-corrected chi connectivity index (χ4v) is 3.81. The molecule has 0 unspecified atom stereocenters. The Balaban J connectivity index is 1.96. The highest BCUT2D eigenvalue weighted by Crippen LogP contribution is 2.44. The minimum Gasteiger partial charge on any atom is -0.508 e. The van der Waals surface area contributed by atoms with E-state index in [4.69, 9.17) is 11.6 Å². The molecule has 0 saturated carbocycles. The summed E-state index contributed by atoms with van der Waals surface area (Å²) < 4.78 is 0. The summed E-state index contributed by atoms with van der Waals surface area (Å²) in [4.78, 5) is 27.3. The van der Waals surface area contributed by atoms with Crippen molar-refractivity contribution < 1.29 is 19.8 Å². The highest BCUT2D eigenvalue weighted by atomic mass is 35.5. The Morgan fingerprint density at radius 1 is 0.933 bits per heavy atom. The molecule has 6 heteroatoms. The molecule has 0 radical (unpaired) electrons. The van der Waals surface area contributed by atoms with Crippen LogP contribution in [-0.2, 0) is 9.59 Å². The molecule has 0 aromatic heterocycles. The molecule has 1 aliphatic rings. The van der Waals surface area contributed by atoms with Gasteiger partial charge in [0.1, 0.15) is 11.5 Å². The standard InChI is InChI=1S/C24H18ClNO4/c1-14-6-8-15(9-7-14)22(28)20-21(18-4-2-3-5-19(18)25)26(24(30)23(20)29)16-10-12-17(27)13-11-16/h2-13,21,27-28H,1H3/t21-/m1/s1. The second-order valence-electron chi connectivity index (χ2n) is 7.07. The summed E-state index contributed by atoms with van der Waals surface area (Å²) >= 11 is 6.42. The highest BCUT2D eigenvalue weighted by Gasteiger charge is 2.47. The van der Waals surface area contributed by atoms with Crippen molar-refractivity contribution in [3.63, 3.8) is 0 Å². The average Bonchev–Trinajstić information content (AvgIpc) is 3.00. The van der Waals surface area contributed by atoms with E-state index in [-0.39, 0.29) is 17.1 Å². The minimum atomic E-state index is -0.912. The predicted molar refractivity (Wildman–Crippen MR) is 116 cm³/mol. The number of rotatable bonds is 3. The molecule has 2 N–H and O–H groups in total. The first kappa shape index (κ1) is 19.7. The van der Waals surface area contributed by atoms with Gasteiger partial charge in [0.25, 0.3) is 11.7 Å². The number of ketones is 1. The van der Waals surface area contributed by atoms with Crippen LogP contribution in [0.3, 0.4) is 0 Å². The topological polar surface area (TPSA) is 77.8 Å². The van der Waals surface area contributed by atoms with E-state index >= 15 is 0 Å². The van der Waals surface area contributed by atoms with E-state index in [1.165, 1.54) is 29.2 Å². The van der Waals surface area contributed by atoms with Gasteiger partial charge < -0.3 is 10.2 Å². The molecule has 1 heterocycles. The Morgan fingerprint density at radius 3 is 2.20 bits per heavy atom. The Labute approximate surface area is 178 Å². The molecule has 3 aromatic carbocycles. The number of hydrogen-bond acceptors (Lipinski definition) is 4. The van der Waals surface area contributed by atoms with Crippen molar-refractivity contribution in [2.24, 2.45) is 0 Å². The maximum absolute atomic E-state index is 13.0. The molecular formula is C24H18ClNO4. The molecule has 4 rings (SSSR count). The smallest absolute Gasteiger partial charge is 0.300 e. The summed E-state index contributed by atoms with van der Waals surface area (Å²) in [5, 5.41) is 21.0. The normalized spacial score (nSPS) is 18.1. The second kappa shape index (κ2) is 7.69. The number of phenolic OH excluding ortho intramolecular Hbond substituents is 1. The first-order chi connectivity index (χ1) is 14.4. The van der Waals surface area contributed by atoms with Crippen LogP contribution >= 0.6 is 11.6 Å². The van der Waals surface area contributed by atoms with Gasteiger partial charge in [0.15, 0.2) is 0 Å². The number of aromatic hydroxyl groups is 1. The molecule has 150 valence electrons. The number of aliphatic hydroxyl groups is 1. The maximum atomic E-state index is 13.0. The van der Waals surface area contributed by atoms with E-state index in [1.54, 1.807) is 36.4 Å². The van der Waals surface area contributed by atoms with E-state index in [9.17, 15) is 19.8 Å². The monoisotopic (exact) mass is 419 g/mol. The number of amides is 1. The number of hydrogen-bond donors (Lipinski definition) is 2. The molecule has 0 aliphatic carbocycles. The van der Waals surface area contributed by atoms with Crippen molar-refractivity contribution in [3.8, 4) is 5.75 Å². The Bertz CT molecular complexity index is 1170. The molecule has 3 aromatic rings. The number of nitrogens with zero attached hydrogens (tertiary/aromatic N) is 1. The SMILES string of the molecule is Cc1ccc(C(O)=C2C(=O)C(=O)N(c3ccc(O)cc3)[C@@H]2c2ccccc2Cl)cc1. The van der Waals surface area contributed by atoms with Gasteiger partial charge in [0.2, 0.25) is 0 Å². The highest BCUT2D eigenvalue weighted by molar-refractivity contribution is 6.52. The van der Waals surface area contributed by atoms with Crippen molar-refractivity contribution in [2.45, 2.75) is 13.0 Å². The van der Waals surface area contributed by atoms with E-state index in [1.807, 2.05) is 19.1 Å². The number of aliphatic hydroxyl groups excluding tert-OH is 1. The van der Waals surface area contributed by atoms with Crippen LogP contribution < -0.4 is 4.90 Å². The predicted octanol–water partition coefficient (Wildman–Crippen LogP) is 4.98. The zero-order valence-electron chi connectivity index (χ0n) is 16.0. The minimum absolute atomic E-state index is 0.0317. The summed E-state index contributed by atoms with van der Waals surface area (Å²) in [6.07, 6.45) is 0. The van der Waals surface area contributed by atoms with Gasteiger partial charge in [-0.3, -0.25) is 14.5 Å². The quantitative estimate of drug-likeness (QED) is 0.356. The fourth-order valence-electron chi connectivity index (χ4n) is 3.57. The Morgan fingerprint density at radius 2 is 1.57 bits per heavy atom. The van der Waals surface area contributed by atoms with Gasteiger partial charge in [-0.1, -0.05) is 59.6 Å². The van der Waals surface area contributed by atoms with Crippen LogP contribution in [0.4, 0.5) is 5.69 Å². The first-order valence-electron chi connectivity index (χ1n) is 9.30. The lowest BCUT2D eigenvalue weighted by molar-refractivity contribution is -0.132. The van der Waals surface area contributed by atoms with E-state index < -0.39 is 17.7 Å². The van der Waals surface area contributed by atoms with Crippen LogP contribution in [0.5, 0.6) is 5.75 Å². The number of anilines is 1. The van der Waals surface area contributed by atoms with Crippen LogP contribution in [0.1, 0.15) is 22.7 Å². The second-order valence-corrected chi connectivity index (χ2v) is 7.48. The lowest BCUT2D eigenvalue weighted by Crippen LogP contribution is -2.29. The van der Waals surface area contributed by atoms with E-state index in [0.717, 1.165) is 5.56 Å². The third kappa shape index (κ3) is 3.33. The van der Waals surface area contributed by atoms with Gasteiger partial charge in [-0.15, -0.1) is 0 Å². The summed E-state index contributed by atoms with van der Waals surface area (Å²) in [6.45, 7) is 1.91. The zero-order chi connectivity index (χ0) is 21.4. The number of aryl methyl sites for hydroxylation is 1. The van der Waals surface area contributed by atoms with Crippen LogP contribution in [0, 0.1) is 6.92 Å². The van der Waals surface area contributed by atoms with Crippen molar-refractivity contribution >= 4 is 34.7 Å². The summed E-state index contributed by atoms with van der Waals surface area (Å²) in [5.41, 5.74) is 2.31. The number of carbonyl (C=O) groups is 2. The maximum Gasteiger partial charge on any atom is 0.300 e. The lowest BCUT2D eigenvalue weighted by atomic mass is 9.95. The van der Waals surface area contributed by atoms with Crippen molar-refractivity contribution in [1.29, 1.82) is 0 Å². The van der Waals surface area contributed by atoms with Gasteiger partial charge in [0.05, 0.1) is 11.6 Å². The summed E-state index contributed by atoms with van der Waals surface area (Å²) in [5.74, 6) is -1.81. The van der Waals surface area contributed by atoms with Gasteiger partial charge in [-0.05, 0) is 42.8 Å². The van der Waals surface area contributed by atoms with E-state index in [0.29, 0.717) is 21.8 Å². The Kier molecular flexibility index (Phi) is 5.06. The van der Waals surface area contributed by atoms with Gasteiger partial charge in [-0.25, -0.2) is 0 Å². The molecule has 1 saturated heterocycles. The summed E-state index contributed by atoms with van der Waals surface area (Å²) in [7, 11) is 0. The number of halogens is 1.